The lowest BCUT2D eigenvalue weighted by Crippen LogP contribution is -2.15. The number of hydrogen-bond acceptors (Lipinski definition) is 3. The van der Waals surface area contributed by atoms with Gasteiger partial charge in [0.25, 0.3) is 0 Å². The maximum Gasteiger partial charge on any atom is 0.162 e. The van der Waals surface area contributed by atoms with Crippen LogP contribution in [0.4, 0.5) is 0 Å². The van der Waals surface area contributed by atoms with E-state index in [1.165, 1.54) is 0 Å². The Labute approximate surface area is 78.2 Å². The zero-order valence-electron chi connectivity index (χ0n) is 8.29. The quantitative estimate of drug-likeness (QED) is 0.606. The molecule has 0 saturated carbocycles. The maximum absolute atomic E-state index is 5.53. The zero-order chi connectivity index (χ0) is 9.47. The summed E-state index contributed by atoms with van der Waals surface area (Å²) in [5.41, 5.74) is 2.12. The molecule has 0 atom stereocenters. The summed E-state index contributed by atoms with van der Waals surface area (Å²) in [6.45, 7) is 7.16. The number of hydrogen-bond donors (Lipinski definition) is 0. The Balaban J connectivity index is 2.54. The number of fused-ring (bicyclic) bond motifs is 1. The second-order valence-electron chi connectivity index (χ2n) is 4.35. The molecule has 1 aliphatic rings. The van der Waals surface area contributed by atoms with E-state index in [2.05, 4.69) is 30.7 Å². The van der Waals surface area contributed by atoms with Crippen molar-refractivity contribution in [2.45, 2.75) is 32.6 Å². The predicted octanol–water partition coefficient (Wildman–Crippen LogP) is 1.71. The van der Waals surface area contributed by atoms with E-state index in [9.17, 15) is 0 Å². The molecule has 0 unspecified atom stereocenters. The molecular weight excluding hydrogens is 164 g/mol. The number of aromatic nitrogens is 2. The van der Waals surface area contributed by atoms with E-state index >= 15 is 0 Å². The van der Waals surface area contributed by atoms with Gasteiger partial charge in [0.1, 0.15) is 6.33 Å². The first-order valence-corrected chi connectivity index (χ1v) is 4.56. The van der Waals surface area contributed by atoms with Gasteiger partial charge in [-0.2, -0.15) is 0 Å². The highest BCUT2D eigenvalue weighted by Gasteiger charge is 2.26. The van der Waals surface area contributed by atoms with Crippen LogP contribution in [0, 0.1) is 0 Å². The molecule has 0 spiro atoms. The second-order valence-corrected chi connectivity index (χ2v) is 4.35. The SMILES string of the molecule is CC(C)(C)c1ncnc2c1OCC2. The standard InChI is InChI=1S/C10H14N2O/c1-10(2,3)9-8-7(4-5-13-8)11-6-12-9/h6H,4-5H2,1-3H3. The van der Waals surface area contributed by atoms with Crippen LogP contribution in [0.1, 0.15) is 32.2 Å². The predicted molar refractivity (Wildman–Crippen MR) is 49.9 cm³/mol. The van der Waals surface area contributed by atoms with Crippen LogP contribution < -0.4 is 4.74 Å². The number of ether oxygens (including phenoxy) is 1. The lowest BCUT2D eigenvalue weighted by atomic mass is 9.91. The summed E-state index contributed by atoms with van der Waals surface area (Å²) in [6, 6.07) is 0. The first kappa shape index (κ1) is 8.48. The van der Waals surface area contributed by atoms with Crippen molar-refractivity contribution in [3.63, 3.8) is 0 Å². The van der Waals surface area contributed by atoms with Gasteiger partial charge < -0.3 is 4.74 Å². The van der Waals surface area contributed by atoms with Gasteiger partial charge in [0.05, 0.1) is 18.0 Å². The Bertz CT molecular complexity index is 328. The number of rotatable bonds is 0. The van der Waals surface area contributed by atoms with Crippen molar-refractivity contribution in [3.8, 4) is 5.75 Å². The van der Waals surface area contributed by atoms with Crippen molar-refractivity contribution in [3.05, 3.63) is 17.7 Å². The highest BCUT2D eigenvalue weighted by Crippen LogP contribution is 2.33. The fourth-order valence-corrected chi connectivity index (χ4v) is 1.52. The van der Waals surface area contributed by atoms with E-state index < -0.39 is 0 Å². The molecular formula is C10H14N2O. The average Bonchev–Trinajstić information content (AvgIpc) is 2.48. The summed E-state index contributed by atoms with van der Waals surface area (Å²) in [5, 5.41) is 0. The zero-order valence-corrected chi connectivity index (χ0v) is 8.29. The Morgan fingerprint density at radius 1 is 1.31 bits per heavy atom. The van der Waals surface area contributed by atoms with Gasteiger partial charge in [-0.1, -0.05) is 20.8 Å². The molecule has 3 heteroatoms. The summed E-state index contributed by atoms with van der Waals surface area (Å²) in [4.78, 5) is 8.48. The molecule has 70 valence electrons. The van der Waals surface area contributed by atoms with Gasteiger partial charge in [0, 0.05) is 11.8 Å². The van der Waals surface area contributed by atoms with E-state index in [-0.39, 0.29) is 5.41 Å². The molecule has 13 heavy (non-hydrogen) atoms. The van der Waals surface area contributed by atoms with Gasteiger partial charge in [0.15, 0.2) is 5.75 Å². The largest absolute Gasteiger partial charge is 0.489 e. The van der Waals surface area contributed by atoms with Crippen LogP contribution in [-0.4, -0.2) is 16.6 Å². The van der Waals surface area contributed by atoms with Crippen molar-refractivity contribution in [1.82, 2.24) is 9.97 Å². The Hall–Kier alpha value is -1.12. The van der Waals surface area contributed by atoms with Gasteiger partial charge >= 0.3 is 0 Å². The summed E-state index contributed by atoms with van der Waals surface area (Å²) in [5.74, 6) is 0.912. The van der Waals surface area contributed by atoms with Crippen molar-refractivity contribution < 1.29 is 4.74 Å². The number of nitrogens with zero attached hydrogens (tertiary/aromatic N) is 2. The third-order valence-corrected chi connectivity index (χ3v) is 2.17. The molecule has 0 fully saturated rings. The van der Waals surface area contributed by atoms with Gasteiger partial charge in [0.2, 0.25) is 0 Å². The van der Waals surface area contributed by atoms with Crippen LogP contribution in [0.2, 0.25) is 0 Å². The molecule has 0 radical (unpaired) electrons. The summed E-state index contributed by atoms with van der Waals surface area (Å²) in [7, 11) is 0. The van der Waals surface area contributed by atoms with Crippen molar-refractivity contribution >= 4 is 0 Å². The smallest absolute Gasteiger partial charge is 0.162 e. The van der Waals surface area contributed by atoms with E-state index in [4.69, 9.17) is 4.74 Å². The van der Waals surface area contributed by atoms with Gasteiger partial charge in [-0.15, -0.1) is 0 Å². The fraction of sp³-hybridized carbons (Fsp3) is 0.600. The average molecular weight is 178 g/mol. The van der Waals surface area contributed by atoms with Crippen LogP contribution >= 0.6 is 0 Å². The molecule has 0 saturated heterocycles. The fourth-order valence-electron chi connectivity index (χ4n) is 1.52. The summed E-state index contributed by atoms with van der Waals surface area (Å²) in [6.07, 6.45) is 2.55. The van der Waals surface area contributed by atoms with Crippen molar-refractivity contribution in [2.75, 3.05) is 6.61 Å². The minimum absolute atomic E-state index is 0.0391. The third-order valence-electron chi connectivity index (χ3n) is 2.17. The van der Waals surface area contributed by atoms with E-state index in [0.717, 1.165) is 30.2 Å². The van der Waals surface area contributed by atoms with E-state index in [1.807, 2.05) is 0 Å². The minimum Gasteiger partial charge on any atom is -0.489 e. The van der Waals surface area contributed by atoms with E-state index in [1.54, 1.807) is 6.33 Å². The first-order valence-electron chi connectivity index (χ1n) is 4.56. The molecule has 3 nitrogen and oxygen atoms in total. The molecule has 2 rings (SSSR count). The highest BCUT2D eigenvalue weighted by molar-refractivity contribution is 5.38. The van der Waals surface area contributed by atoms with Crippen LogP contribution in [0.5, 0.6) is 5.75 Å². The molecule has 1 aromatic heterocycles. The van der Waals surface area contributed by atoms with Gasteiger partial charge in [-0.3, -0.25) is 0 Å². The highest BCUT2D eigenvalue weighted by atomic mass is 16.5. The lowest BCUT2D eigenvalue weighted by molar-refractivity contribution is 0.344. The molecule has 0 N–H and O–H groups in total. The van der Waals surface area contributed by atoms with Crippen molar-refractivity contribution in [2.24, 2.45) is 0 Å². The van der Waals surface area contributed by atoms with Crippen LogP contribution in [0.15, 0.2) is 6.33 Å². The Morgan fingerprint density at radius 2 is 2.08 bits per heavy atom. The Morgan fingerprint density at radius 3 is 2.77 bits per heavy atom. The summed E-state index contributed by atoms with van der Waals surface area (Å²) >= 11 is 0. The second kappa shape index (κ2) is 2.69. The first-order chi connectivity index (χ1) is 6.09. The summed E-state index contributed by atoms with van der Waals surface area (Å²) < 4.78 is 5.53. The molecule has 1 aliphatic heterocycles. The molecule has 0 amide bonds. The lowest BCUT2D eigenvalue weighted by Gasteiger charge is -2.19. The van der Waals surface area contributed by atoms with Crippen LogP contribution in [0.25, 0.3) is 0 Å². The van der Waals surface area contributed by atoms with Crippen molar-refractivity contribution in [1.29, 1.82) is 0 Å². The molecule has 0 bridgehead atoms. The topological polar surface area (TPSA) is 35.0 Å². The van der Waals surface area contributed by atoms with Gasteiger partial charge in [-0.05, 0) is 0 Å². The van der Waals surface area contributed by atoms with Crippen LogP contribution in [0.3, 0.4) is 0 Å². The maximum atomic E-state index is 5.53. The Kier molecular flexibility index (Phi) is 1.75. The normalized spacial score (nSPS) is 15.3. The monoisotopic (exact) mass is 178 g/mol. The van der Waals surface area contributed by atoms with E-state index in [0.29, 0.717) is 0 Å². The minimum atomic E-state index is 0.0391. The molecule has 2 heterocycles. The third kappa shape index (κ3) is 1.39. The molecule has 1 aromatic rings. The molecule has 0 aromatic carbocycles. The van der Waals surface area contributed by atoms with Gasteiger partial charge in [-0.25, -0.2) is 9.97 Å². The van der Waals surface area contributed by atoms with Crippen LogP contribution in [-0.2, 0) is 11.8 Å². The molecule has 0 aliphatic carbocycles.